The number of aromatic nitrogens is 4. The Morgan fingerprint density at radius 1 is 1.00 bits per heavy atom. The van der Waals surface area contributed by atoms with Crippen molar-refractivity contribution in [1.82, 2.24) is 24.9 Å². The Morgan fingerprint density at radius 2 is 1.88 bits per heavy atom. The third kappa shape index (κ3) is 3.36. The van der Waals surface area contributed by atoms with Gasteiger partial charge in [-0.15, -0.1) is 0 Å². The molecule has 4 aromatic rings. The van der Waals surface area contributed by atoms with E-state index in [9.17, 15) is 4.79 Å². The van der Waals surface area contributed by atoms with Gasteiger partial charge in [0.05, 0.1) is 23.1 Å². The molecule has 1 fully saturated rings. The number of carbonyl (C=O) groups is 1. The lowest BCUT2D eigenvalue weighted by atomic mass is 9.87. The van der Waals surface area contributed by atoms with E-state index in [2.05, 4.69) is 33.4 Å². The van der Waals surface area contributed by atoms with Crippen LogP contribution in [0.3, 0.4) is 0 Å². The van der Waals surface area contributed by atoms with Gasteiger partial charge in [-0.25, -0.2) is 4.98 Å². The summed E-state index contributed by atoms with van der Waals surface area (Å²) >= 11 is 0. The van der Waals surface area contributed by atoms with E-state index in [1.165, 1.54) is 0 Å². The fraction of sp³-hybridized carbons (Fsp3) is 0.231. The number of fused-ring (bicyclic) bond motifs is 3. The van der Waals surface area contributed by atoms with Gasteiger partial charge in [-0.2, -0.15) is 9.61 Å². The van der Waals surface area contributed by atoms with Crippen LogP contribution in [0.1, 0.15) is 41.2 Å². The maximum atomic E-state index is 13.0. The zero-order valence-electron chi connectivity index (χ0n) is 18.2. The first-order valence-corrected chi connectivity index (χ1v) is 11.3. The van der Waals surface area contributed by atoms with Gasteiger partial charge in [0.15, 0.2) is 11.4 Å². The fourth-order valence-electron chi connectivity index (χ4n) is 4.83. The number of hydrogen-bond donors (Lipinski definition) is 2. The Bertz CT molecular complexity index is 1370. The molecule has 0 saturated carbocycles. The van der Waals surface area contributed by atoms with E-state index in [1.807, 2.05) is 48.8 Å². The first kappa shape index (κ1) is 19.7. The molecule has 1 saturated heterocycles. The Morgan fingerprint density at radius 3 is 2.67 bits per heavy atom. The summed E-state index contributed by atoms with van der Waals surface area (Å²) in [6, 6.07) is 14.2. The van der Waals surface area contributed by atoms with E-state index >= 15 is 0 Å². The minimum Gasteiger partial charge on any atom is -0.389 e. The minimum atomic E-state index is 0.128. The topological polar surface area (TPSA) is 84.2 Å². The number of piperidine rings is 1. The maximum Gasteiger partial charge on any atom is 0.170 e. The SMILES string of the molecule is C=C1CC(c2nc3c(-c4ccc(-c5ccccc5)nc4)cnn3c3c2C(=O)CCN3)CCN1. The molecule has 5 heterocycles. The molecule has 1 aromatic carbocycles. The highest BCUT2D eigenvalue weighted by Crippen LogP contribution is 2.37. The highest BCUT2D eigenvalue weighted by atomic mass is 16.1. The molecule has 0 amide bonds. The number of pyridine rings is 1. The van der Waals surface area contributed by atoms with Gasteiger partial charge >= 0.3 is 0 Å². The summed E-state index contributed by atoms with van der Waals surface area (Å²) < 4.78 is 1.77. The van der Waals surface area contributed by atoms with Crippen LogP contribution in [0.15, 0.2) is 67.1 Å². The molecule has 7 heteroatoms. The standard InChI is InChI=1S/C26H24N6O/c1-16-13-18(9-11-27-16)24-23-22(33)10-12-28-26(23)32-25(31-24)20(15-30-32)19-7-8-21(29-14-19)17-5-3-2-4-6-17/h2-8,14-15,18,27-28H,1,9-13H2. The van der Waals surface area contributed by atoms with E-state index in [0.29, 0.717) is 18.5 Å². The normalized spacial score (nSPS) is 18.0. The van der Waals surface area contributed by atoms with E-state index in [0.717, 1.165) is 64.6 Å². The highest BCUT2D eigenvalue weighted by Gasteiger charge is 2.31. The van der Waals surface area contributed by atoms with Crippen molar-refractivity contribution in [3.63, 3.8) is 0 Å². The molecule has 0 aliphatic carbocycles. The van der Waals surface area contributed by atoms with Crippen LogP contribution in [0.4, 0.5) is 5.82 Å². The fourth-order valence-corrected chi connectivity index (χ4v) is 4.83. The molecular formula is C26H24N6O. The Hall–Kier alpha value is -4.00. The van der Waals surface area contributed by atoms with Crippen molar-refractivity contribution in [2.75, 3.05) is 18.4 Å². The average molecular weight is 437 g/mol. The molecule has 164 valence electrons. The minimum absolute atomic E-state index is 0.128. The van der Waals surface area contributed by atoms with Gasteiger partial charge in [-0.3, -0.25) is 9.78 Å². The van der Waals surface area contributed by atoms with Crippen LogP contribution in [0, 0.1) is 0 Å². The summed E-state index contributed by atoms with van der Waals surface area (Å²) in [6.45, 7) is 5.55. The predicted octanol–water partition coefficient (Wildman–Crippen LogP) is 4.44. The van der Waals surface area contributed by atoms with E-state index in [4.69, 9.17) is 4.98 Å². The number of benzene rings is 1. The number of hydrogen-bond acceptors (Lipinski definition) is 6. The van der Waals surface area contributed by atoms with Crippen molar-refractivity contribution in [2.24, 2.45) is 0 Å². The van der Waals surface area contributed by atoms with Crippen molar-refractivity contribution < 1.29 is 4.79 Å². The number of carbonyl (C=O) groups excluding carboxylic acids is 1. The summed E-state index contributed by atoms with van der Waals surface area (Å²) in [5, 5.41) is 11.3. The summed E-state index contributed by atoms with van der Waals surface area (Å²) in [5.41, 5.74) is 7.11. The second-order valence-electron chi connectivity index (χ2n) is 8.63. The van der Waals surface area contributed by atoms with Gasteiger partial charge in [0.2, 0.25) is 0 Å². The molecule has 1 atom stereocenters. The maximum absolute atomic E-state index is 13.0. The number of allylic oxidation sites excluding steroid dienone is 1. The quantitative estimate of drug-likeness (QED) is 0.494. The van der Waals surface area contributed by atoms with Crippen LogP contribution < -0.4 is 10.6 Å². The molecule has 33 heavy (non-hydrogen) atoms. The Kier molecular flexibility index (Phi) is 4.68. The van der Waals surface area contributed by atoms with E-state index in [-0.39, 0.29) is 11.7 Å². The second kappa shape index (κ2) is 7.85. The number of Topliss-reactive ketones (excluding diaryl/α,β-unsaturated/α-hetero) is 1. The largest absolute Gasteiger partial charge is 0.389 e. The molecule has 2 N–H and O–H groups in total. The van der Waals surface area contributed by atoms with Crippen molar-refractivity contribution in [3.05, 3.63) is 78.4 Å². The van der Waals surface area contributed by atoms with Crippen molar-refractivity contribution in [1.29, 1.82) is 0 Å². The summed E-state index contributed by atoms with van der Waals surface area (Å²) in [7, 11) is 0. The molecule has 3 aromatic heterocycles. The predicted molar refractivity (Wildman–Crippen MR) is 128 cm³/mol. The third-order valence-corrected chi connectivity index (χ3v) is 6.49. The molecule has 6 rings (SSSR count). The van der Waals surface area contributed by atoms with E-state index in [1.54, 1.807) is 4.52 Å². The van der Waals surface area contributed by atoms with Crippen molar-refractivity contribution >= 4 is 17.2 Å². The molecule has 0 spiro atoms. The number of anilines is 1. The van der Waals surface area contributed by atoms with E-state index < -0.39 is 0 Å². The highest BCUT2D eigenvalue weighted by molar-refractivity contribution is 6.04. The van der Waals surface area contributed by atoms with Crippen LogP contribution in [0.25, 0.3) is 28.0 Å². The van der Waals surface area contributed by atoms with Crippen LogP contribution in [-0.4, -0.2) is 38.5 Å². The zero-order valence-corrected chi connectivity index (χ0v) is 18.2. The number of ketones is 1. The first-order valence-electron chi connectivity index (χ1n) is 11.3. The monoisotopic (exact) mass is 436 g/mol. The average Bonchev–Trinajstić information content (AvgIpc) is 3.29. The van der Waals surface area contributed by atoms with Crippen LogP contribution in [-0.2, 0) is 0 Å². The Labute approximate surface area is 191 Å². The molecule has 0 radical (unpaired) electrons. The molecule has 0 bridgehead atoms. The van der Waals surface area contributed by atoms with Crippen LogP contribution in [0.2, 0.25) is 0 Å². The number of rotatable bonds is 3. The van der Waals surface area contributed by atoms with Gasteiger partial charge < -0.3 is 10.6 Å². The lowest BCUT2D eigenvalue weighted by Crippen LogP contribution is -2.29. The third-order valence-electron chi connectivity index (χ3n) is 6.49. The zero-order chi connectivity index (χ0) is 22.4. The van der Waals surface area contributed by atoms with Crippen molar-refractivity contribution in [3.8, 4) is 22.4 Å². The molecular weight excluding hydrogens is 412 g/mol. The number of nitrogens with one attached hydrogen (secondary N) is 2. The lowest BCUT2D eigenvalue weighted by molar-refractivity contribution is 0.0981. The van der Waals surface area contributed by atoms with Crippen LogP contribution in [0.5, 0.6) is 0 Å². The van der Waals surface area contributed by atoms with Gasteiger partial charge in [0.25, 0.3) is 0 Å². The van der Waals surface area contributed by atoms with Gasteiger partial charge in [-0.1, -0.05) is 43.0 Å². The van der Waals surface area contributed by atoms with Crippen LogP contribution >= 0.6 is 0 Å². The van der Waals surface area contributed by atoms with Gasteiger partial charge in [-0.05, 0) is 18.9 Å². The molecule has 1 unspecified atom stereocenters. The first-order chi connectivity index (χ1) is 16.2. The smallest absolute Gasteiger partial charge is 0.170 e. The Balaban J connectivity index is 1.48. The van der Waals surface area contributed by atoms with Crippen molar-refractivity contribution in [2.45, 2.75) is 25.2 Å². The second-order valence-corrected chi connectivity index (χ2v) is 8.63. The molecule has 2 aliphatic rings. The van der Waals surface area contributed by atoms with Gasteiger partial charge in [0, 0.05) is 54.0 Å². The lowest BCUT2D eigenvalue weighted by Gasteiger charge is -2.28. The summed E-state index contributed by atoms with van der Waals surface area (Å²) in [4.78, 5) is 22.7. The number of nitrogens with zero attached hydrogens (tertiary/aromatic N) is 4. The molecule has 2 aliphatic heterocycles. The summed E-state index contributed by atoms with van der Waals surface area (Å²) in [5.74, 6) is 1.03. The summed E-state index contributed by atoms with van der Waals surface area (Å²) in [6.07, 6.45) is 5.84. The molecule has 7 nitrogen and oxygen atoms in total. The van der Waals surface area contributed by atoms with Gasteiger partial charge in [0.1, 0.15) is 5.82 Å².